The predicted octanol–water partition coefficient (Wildman–Crippen LogP) is -2.62. The Balaban J connectivity index is 1.72. The number of carbonyl (C=O) groups is 3. The van der Waals surface area contributed by atoms with Crippen molar-refractivity contribution in [2.45, 2.75) is 68.5 Å². The Morgan fingerprint density at radius 3 is 2.47 bits per heavy atom. The van der Waals surface area contributed by atoms with Crippen molar-refractivity contribution in [2.24, 2.45) is 11.8 Å². The number of ether oxygens (including phenoxy) is 5. The summed E-state index contributed by atoms with van der Waals surface area (Å²) in [5.74, 6) is -5.28. The van der Waals surface area contributed by atoms with Gasteiger partial charge in [-0.05, 0) is 13.3 Å². The number of carbonyl (C=O) groups excluding carboxylic acids is 2. The van der Waals surface area contributed by atoms with E-state index in [1.165, 1.54) is 6.92 Å². The topological polar surface area (TPSA) is 199 Å². The number of carboxylic acids is 1. The molecule has 4 rings (SSSR count). The fraction of sp³-hybridized carbons (Fsp3) is 0.737. The molecule has 32 heavy (non-hydrogen) atoms. The lowest BCUT2D eigenvalue weighted by Crippen LogP contribution is -2.61. The van der Waals surface area contributed by atoms with Crippen LogP contribution in [0, 0.1) is 11.8 Å². The number of carboxylic acid groups (broad SMARTS) is 1. The maximum absolute atomic E-state index is 12.2. The molecule has 4 bridgehead atoms. The third-order valence-electron chi connectivity index (χ3n) is 6.40. The number of fused-ring (bicyclic) bond motifs is 3. The molecule has 0 spiro atoms. The number of cyclic esters (lactones) is 1. The number of aliphatic hydroxyl groups excluding tert-OH is 3. The highest BCUT2D eigenvalue weighted by Crippen LogP contribution is 2.50. The van der Waals surface area contributed by atoms with Crippen molar-refractivity contribution >= 4 is 17.9 Å². The van der Waals surface area contributed by atoms with Gasteiger partial charge in [0.1, 0.15) is 49.1 Å². The van der Waals surface area contributed by atoms with Gasteiger partial charge in [-0.25, -0.2) is 4.79 Å². The van der Waals surface area contributed by atoms with Crippen LogP contribution in [0.5, 0.6) is 0 Å². The van der Waals surface area contributed by atoms with Gasteiger partial charge in [-0.1, -0.05) is 0 Å². The molecule has 3 aliphatic heterocycles. The summed E-state index contributed by atoms with van der Waals surface area (Å²) in [6.45, 7) is 0.753. The summed E-state index contributed by atoms with van der Waals surface area (Å²) >= 11 is 0. The largest absolute Gasteiger partial charge is 0.478 e. The number of aliphatic hydroxyl groups is 4. The zero-order chi connectivity index (χ0) is 23.4. The maximum atomic E-state index is 12.2. The zero-order valence-electron chi connectivity index (χ0n) is 16.9. The van der Waals surface area contributed by atoms with Crippen molar-refractivity contribution in [3.63, 3.8) is 0 Å². The van der Waals surface area contributed by atoms with E-state index in [-0.39, 0.29) is 12.0 Å². The first-order valence-electron chi connectivity index (χ1n) is 10.0. The van der Waals surface area contributed by atoms with Crippen molar-refractivity contribution in [3.8, 4) is 0 Å². The molecule has 0 aromatic carbocycles. The Morgan fingerprint density at radius 1 is 1.06 bits per heavy atom. The van der Waals surface area contributed by atoms with E-state index in [1.807, 2.05) is 0 Å². The van der Waals surface area contributed by atoms with E-state index < -0.39 is 91.5 Å². The molecule has 0 aromatic rings. The Bertz CT molecular complexity index is 822. The van der Waals surface area contributed by atoms with Crippen molar-refractivity contribution in [1.29, 1.82) is 0 Å². The molecule has 5 N–H and O–H groups in total. The molecule has 0 amide bonds. The molecule has 4 aliphatic rings. The van der Waals surface area contributed by atoms with Crippen LogP contribution in [0.1, 0.15) is 19.8 Å². The van der Waals surface area contributed by atoms with E-state index in [0.29, 0.717) is 0 Å². The molecule has 1 saturated carbocycles. The molecular formula is C19H24O13. The third kappa shape index (κ3) is 3.84. The molecule has 10 atom stereocenters. The van der Waals surface area contributed by atoms with Crippen LogP contribution in [0.4, 0.5) is 0 Å². The molecule has 13 heteroatoms. The lowest BCUT2D eigenvalue weighted by atomic mass is 9.81. The van der Waals surface area contributed by atoms with Gasteiger partial charge in [0.2, 0.25) is 6.29 Å². The molecule has 13 nitrogen and oxygen atoms in total. The standard InChI is InChI=1S/C19H24O13/c1-19(27)9-2-6-7(16(25)26)4-29-17(12(6)19)32-18-15(24)14(23)13(22)8(30-18)5-28-10(20)3-11(21)31-9/h4,6,8-9,12-15,17-18,22-24,27H,2-3,5H2,1H3,(H,25,26). The quantitative estimate of drug-likeness (QED) is 0.201. The first-order chi connectivity index (χ1) is 15.0. The number of esters is 2. The SMILES string of the molecule is CC1(O)C2CC3C(C(=O)O)=COC(OC4OC(COC(=O)CC(=O)O2)C(O)C(O)C4O)C31. The average Bonchev–Trinajstić information content (AvgIpc) is 2.97. The Morgan fingerprint density at radius 2 is 1.78 bits per heavy atom. The Labute approximate surface area is 181 Å². The highest BCUT2D eigenvalue weighted by Gasteiger charge is 2.61. The molecule has 3 fully saturated rings. The van der Waals surface area contributed by atoms with E-state index >= 15 is 0 Å². The second-order valence-electron chi connectivity index (χ2n) is 8.47. The van der Waals surface area contributed by atoms with Crippen LogP contribution in [0.3, 0.4) is 0 Å². The van der Waals surface area contributed by atoms with E-state index in [0.717, 1.165) is 6.26 Å². The summed E-state index contributed by atoms with van der Waals surface area (Å²) in [6.07, 6.45) is -10.6. The minimum Gasteiger partial charge on any atom is -0.478 e. The normalized spacial score (nSPS) is 46.8. The van der Waals surface area contributed by atoms with Gasteiger partial charge in [-0.3, -0.25) is 9.59 Å². The summed E-state index contributed by atoms with van der Waals surface area (Å²) in [5, 5.41) is 51.4. The molecule has 0 aromatic heterocycles. The highest BCUT2D eigenvalue weighted by molar-refractivity contribution is 5.91. The van der Waals surface area contributed by atoms with Crippen LogP contribution < -0.4 is 0 Å². The van der Waals surface area contributed by atoms with Gasteiger partial charge in [-0.15, -0.1) is 0 Å². The maximum Gasteiger partial charge on any atom is 0.334 e. The van der Waals surface area contributed by atoms with Gasteiger partial charge in [0, 0.05) is 5.92 Å². The zero-order valence-corrected chi connectivity index (χ0v) is 16.9. The number of aliphatic carboxylic acids is 1. The fourth-order valence-electron chi connectivity index (χ4n) is 4.67. The highest BCUT2D eigenvalue weighted by atomic mass is 16.8. The minimum atomic E-state index is -1.86. The van der Waals surface area contributed by atoms with Crippen molar-refractivity contribution in [1.82, 2.24) is 0 Å². The average molecular weight is 460 g/mol. The molecule has 10 unspecified atom stereocenters. The first-order valence-corrected chi connectivity index (χ1v) is 10.0. The van der Waals surface area contributed by atoms with Crippen LogP contribution in [0.2, 0.25) is 0 Å². The molecule has 2 saturated heterocycles. The molecule has 1 aliphatic carbocycles. The van der Waals surface area contributed by atoms with Crippen LogP contribution in [0.25, 0.3) is 0 Å². The number of hydrogen-bond acceptors (Lipinski definition) is 12. The van der Waals surface area contributed by atoms with Crippen molar-refractivity contribution in [3.05, 3.63) is 11.8 Å². The van der Waals surface area contributed by atoms with Crippen LogP contribution in [-0.4, -0.2) is 98.7 Å². The van der Waals surface area contributed by atoms with Gasteiger partial charge in [0.25, 0.3) is 0 Å². The van der Waals surface area contributed by atoms with Gasteiger partial charge >= 0.3 is 17.9 Å². The molecule has 3 heterocycles. The summed E-state index contributed by atoms with van der Waals surface area (Å²) in [6, 6.07) is 0. The summed E-state index contributed by atoms with van der Waals surface area (Å²) in [7, 11) is 0. The number of rotatable bonds is 1. The van der Waals surface area contributed by atoms with E-state index in [4.69, 9.17) is 23.7 Å². The van der Waals surface area contributed by atoms with Crippen LogP contribution in [0.15, 0.2) is 11.8 Å². The third-order valence-corrected chi connectivity index (χ3v) is 6.40. The van der Waals surface area contributed by atoms with Gasteiger partial charge in [0.05, 0.1) is 17.8 Å². The monoisotopic (exact) mass is 460 g/mol. The lowest BCUT2D eigenvalue weighted by Gasteiger charge is -2.44. The Kier molecular flexibility index (Phi) is 5.90. The Hall–Kier alpha value is -2.29. The second-order valence-corrected chi connectivity index (χ2v) is 8.47. The second kappa shape index (κ2) is 8.24. The predicted molar refractivity (Wildman–Crippen MR) is 96.0 cm³/mol. The van der Waals surface area contributed by atoms with Crippen LogP contribution in [-0.2, 0) is 38.1 Å². The van der Waals surface area contributed by atoms with E-state index in [2.05, 4.69) is 0 Å². The van der Waals surface area contributed by atoms with Crippen molar-refractivity contribution < 1.29 is 63.6 Å². The van der Waals surface area contributed by atoms with Crippen molar-refractivity contribution in [2.75, 3.05) is 6.61 Å². The summed E-state index contributed by atoms with van der Waals surface area (Å²) in [4.78, 5) is 35.9. The van der Waals surface area contributed by atoms with Gasteiger partial charge < -0.3 is 49.2 Å². The van der Waals surface area contributed by atoms with E-state index in [1.54, 1.807) is 0 Å². The number of hydrogen-bond donors (Lipinski definition) is 5. The molecular weight excluding hydrogens is 436 g/mol. The van der Waals surface area contributed by atoms with Gasteiger partial charge in [0.15, 0.2) is 6.29 Å². The van der Waals surface area contributed by atoms with Gasteiger partial charge in [-0.2, -0.15) is 0 Å². The molecule has 0 radical (unpaired) electrons. The smallest absolute Gasteiger partial charge is 0.334 e. The fourth-order valence-corrected chi connectivity index (χ4v) is 4.67. The van der Waals surface area contributed by atoms with Crippen LogP contribution >= 0.6 is 0 Å². The minimum absolute atomic E-state index is 0.0994. The summed E-state index contributed by atoms with van der Waals surface area (Å²) < 4.78 is 26.7. The van der Waals surface area contributed by atoms with E-state index in [9.17, 15) is 39.9 Å². The summed E-state index contributed by atoms with van der Waals surface area (Å²) in [5.41, 5.74) is -2.04. The first kappa shape index (κ1) is 22.9. The lowest BCUT2D eigenvalue weighted by molar-refractivity contribution is -0.347. The molecule has 178 valence electrons.